The molecule has 0 aromatic heterocycles. The van der Waals surface area contributed by atoms with Gasteiger partial charge in [-0.15, -0.1) is 11.8 Å². The van der Waals surface area contributed by atoms with E-state index in [0.29, 0.717) is 0 Å². The monoisotopic (exact) mass is 413 g/mol. The fourth-order valence-corrected chi connectivity index (χ4v) is 4.90. The zero-order valence-electron chi connectivity index (χ0n) is 17.6. The molecular weight excluding hydrogens is 382 g/mol. The van der Waals surface area contributed by atoms with E-state index in [1.165, 1.54) is 31.2 Å². The maximum absolute atomic E-state index is 13.2. The highest BCUT2D eigenvalue weighted by atomic mass is 32.2. The van der Waals surface area contributed by atoms with Crippen LogP contribution in [0.15, 0.2) is 42.5 Å². The lowest BCUT2D eigenvalue weighted by Gasteiger charge is -2.25. The van der Waals surface area contributed by atoms with Gasteiger partial charge in [-0.3, -0.25) is 4.79 Å². The first-order valence-electron chi connectivity index (χ1n) is 10.4. The standard InChI is InChI=1S/C24H31NO3S/c1-4-5-6-7-8-18-9-11-19(12-10-18)23(26)25-13-14-29-24(25)20-15-21(27-2)17-22(16-20)28-3/h9-12,15-17,24H,4-8,13-14H2,1-3H3/t24-/m0/s1. The second-order valence-electron chi connectivity index (χ2n) is 7.38. The summed E-state index contributed by atoms with van der Waals surface area (Å²) in [7, 11) is 3.29. The van der Waals surface area contributed by atoms with Crippen molar-refractivity contribution >= 4 is 17.7 Å². The molecule has 0 N–H and O–H groups in total. The molecule has 0 bridgehead atoms. The summed E-state index contributed by atoms with van der Waals surface area (Å²) in [6.45, 7) is 2.97. The second-order valence-corrected chi connectivity index (χ2v) is 8.56. The number of methoxy groups -OCH3 is 2. The van der Waals surface area contributed by atoms with Crippen LogP contribution in [0.3, 0.4) is 0 Å². The Labute approximate surface area is 178 Å². The molecule has 0 unspecified atom stereocenters. The maximum atomic E-state index is 13.2. The summed E-state index contributed by atoms with van der Waals surface area (Å²) in [5.74, 6) is 2.49. The Morgan fingerprint density at radius 2 is 1.72 bits per heavy atom. The highest BCUT2D eigenvalue weighted by molar-refractivity contribution is 7.99. The summed E-state index contributed by atoms with van der Waals surface area (Å²) in [6.07, 6.45) is 6.11. The summed E-state index contributed by atoms with van der Waals surface area (Å²) >= 11 is 1.78. The number of ether oxygens (including phenoxy) is 2. The summed E-state index contributed by atoms with van der Waals surface area (Å²) in [6, 6.07) is 14.0. The van der Waals surface area contributed by atoms with Gasteiger partial charge in [0.05, 0.1) is 14.2 Å². The van der Waals surface area contributed by atoms with Gasteiger partial charge >= 0.3 is 0 Å². The number of carbonyl (C=O) groups is 1. The molecule has 0 radical (unpaired) electrons. The van der Waals surface area contributed by atoms with Crippen LogP contribution in [0.4, 0.5) is 0 Å². The van der Waals surface area contributed by atoms with Gasteiger partial charge in [-0.25, -0.2) is 0 Å². The van der Waals surface area contributed by atoms with E-state index in [0.717, 1.165) is 41.3 Å². The molecule has 1 saturated heterocycles. The van der Waals surface area contributed by atoms with E-state index in [4.69, 9.17) is 9.47 Å². The predicted octanol–water partition coefficient (Wildman–Crippen LogP) is 5.71. The van der Waals surface area contributed by atoms with Crippen LogP contribution in [-0.4, -0.2) is 37.3 Å². The molecule has 4 nitrogen and oxygen atoms in total. The summed E-state index contributed by atoms with van der Waals surface area (Å²) in [5, 5.41) is -0.0276. The van der Waals surface area contributed by atoms with Gasteiger partial charge in [0.25, 0.3) is 5.91 Å². The largest absolute Gasteiger partial charge is 0.497 e. The van der Waals surface area contributed by atoms with Crippen LogP contribution in [0, 0.1) is 0 Å². The molecule has 1 aliphatic rings. The van der Waals surface area contributed by atoms with Crippen molar-refractivity contribution in [2.24, 2.45) is 0 Å². The van der Waals surface area contributed by atoms with Gasteiger partial charge in [0.2, 0.25) is 0 Å². The zero-order chi connectivity index (χ0) is 20.6. The molecule has 1 heterocycles. The van der Waals surface area contributed by atoms with Gasteiger partial charge in [-0.2, -0.15) is 0 Å². The Morgan fingerprint density at radius 3 is 2.34 bits per heavy atom. The number of hydrogen-bond acceptors (Lipinski definition) is 4. The predicted molar refractivity (Wildman–Crippen MR) is 120 cm³/mol. The first kappa shape index (κ1) is 21.6. The summed E-state index contributed by atoms with van der Waals surface area (Å²) in [5.41, 5.74) is 3.09. The van der Waals surface area contributed by atoms with Crippen molar-refractivity contribution < 1.29 is 14.3 Å². The van der Waals surface area contributed by atoms with Gasteiger partial charge < -0.3 is 14.4 Å². The molecule has 156 valence electrons. The van der Waals surface area contributed by atoms with Crippen LogP contribution < -0.4 is 9.47 Å². The van der Waals surface area contributed by atoms with Crippen LogP contribution in [0.5, 0.6) is 11.5 Å². The third-order valence-corrected chi connectivity index (χ3v) is 6.59. The van der Waals surface area contributed by atoms with Crippen LogP contribution in [0.1, 0.15) is 59.5 Å². The molecule has 1 aliphatic heterocycles. The third-order valence-electron chi connectivity index (χ3n) is 5.33. The van der Waals surface area contributed by atoms with Gasteiger partial charge in [0.1, 0.15) is 16.9 Å². The van der Waals surface area contributed by atoms with E-state index in [1.807, 2.05) is 35.2 Å². The average molecular weight is 414 g/mol. The minimum absolute atomic E-state index is 0.0276. The van der Waals surface area contributed by atoms with Crippen molar-refractivity contribution in [2.75, 3.05) is 26.5 Å². The van der Waals surface area contributed by atoms with E-state index < -0.39 is 0 Å². The van der Waals surface area contributed by atoms with Crippen molar-refractivity contribution in [2.45, 2.75) is 44.4 Å². The molecule has 1 fully saturated rings. The highest BCUT2D eigenvalue weighted by Crippen LogP contribution is 2.41. The lowest BCUT2D eigenvalue weighted by atomic mass is 10.0. The number of carbonyl (C=O) groups excluding carboxylic acids is 1. The minimum atomic E-state index is -0.0276. The zero-order valence-corrected chi connectivity index (χ0v) is 18.5. The number of rotatable bonds is 9. The molecule has 2 aromatic carbocycles. The number of hydrogen-bond donors (Lipinski definition) is 0. The molecular formula is C24H31NO3S. The van der Waals surface area contributed by atoms with Crippen molar-refractivity contribution in [3.05, 3.63) is 59.2 Å². The highest BCUT2D eigenvalue weighted by Gasteiger charge is 2.32. The summed E-state index contributed by atoms with van der Waals surface area (Å²) < 4.78 is 10.8. The Bertz CT molecular complexity index is 784. The van der Waals surface area contributed by atoms with Gasteiger partial charge in [-0.05, 0) is 48.2 Å². The number of thioether (sulfide) groups is 1. The molecule has 0 saturated carbocycles. The van der Waals surface area contributed by atoms with E-state index >= 15 is 0 Å². The van der Waals surface area contributed by atoms with Gasteiger partial charge in [0.15, 0.2) is 0 Å². The maximum Gasteiger partial charge on any atom is 0.255 e. The number of nitrogens with zero attached hydrogens (tertiary/aromatic N) is 1. The molecule has 3 rings (SSSR count). The first-order chi connectivity index (χ1) is 14.2. The van der Waals surface area contributed by atoms with Crippen LogP contribution >= 0.6 is 11.8 Å². The van der Waals surface area contributed by atoms with Crippen LogP contribution in [0.2, 0.25) is 0 Å². The van der Waals surface area contributed by atoms with E-state index in [-0.39, 0.29) is 11.3 Å². The Balaban J connectivity index is 1.71. The number of unbranched alkanes of at least 4 members (excludes halogenated alkanes) is 3. The van der Waals surface area contributed by atoms with Crippen molar-refractivity contribution in [1.29, 1.82) is 0 Å². The molecule has 29 heavy (non-hydrogen) atoms. The molecule has 2 aromatic rings. The topological polar surface area (TPSA) is 38.8 Å². The number of amides is 1. The molecule has 0 spiro atoms. The SMILES string of the molecule is CCCCCCc1ccc(C(=O)N2CCS[C@H]2c2cc(OC)cc(OC)c2)cc1. The van der Waals surface area contributed by atoms with Gasteiger partial charge in [0, 0.05) is 23.9 Å². The fraction of sp³-hybridized carbons (Fsp3) is 0.458. The lowest BCUT2D eigenvalue weighted by molar-refractivity contribution is 0.0760. The lowest BCUT2D eigenvalue weighted by Crippen LogP contribution is -2.30. The first-order valence-corrected chi connectivity index (χ1v) is 11.5. The molecule has 0 aliphatic carbocycles. The van der Waals surface area contributed by atoms with E-state index in [2.05, 4.69) is 19.1 Å². The number of aryl methyl sites for hydroxylation is 1. The molecule has 1 amide bonds. The minimum Gasteiger partial charge on any atom is -0.497 e. The third kappa shape index (κ3) is 5.47. The molecule has 5 heteroatoms. The van der Waals surface area contributed by atoms with Gasteiger partial charge in [-0.1, -0.05) is 38.3 Å². The van der Waals surface area contributed by atoms with Crippen molar-refractivity contribution in [1.82, 2.24) is 4.90 Å². The van der Waals surface area contributed by atoms with Crippen molar-refractivity contribution in [3.63, 3.8) is 0 Å². The van der Waals surface area contributed by atoms with Crippen LogP contribution in [0.25, 0.3) is 0 Å². The summed E-state index contributed by atoms with van der Waals surface area (Å²) in [4.78, 5) is 15.2. The Kier molecular flexibility index (Phi) is 7.87. The van der Waals surface area contributed by atoms with Crippen LogP contribution in [-0.2, 0) is 6.42 Å². The quantitative estimate of drug-likeness (QED) is 0.493. The van der Waals surface area contributed by atoms with Crippen molar-refractivity contribution in [3.8, 4) is 11.5 Å². The Morgan fingerprint density at radius 1 is 1.03 bits per heavy atom. The van der Waals surface area contributed by atoms with E-state index in [1.54, 1.807) is 26.0 Å². The normalized spacial score (nSPS) is 16.1. The molecule has 1 atom stereocenters. The fourth-order valence-electron chi connectivity index (χ4n) is 3.66. The number of benzene rings is 2. The van der Waals surface area contributed by atoms with E-state index in [9.17, 15) is 4.79 Å². The average Bonchev–Trinajstić information content (AvgIpc) is 3.26. The smallest absolute Gasteiger partial charge is 0.255 e. The Hall–Kier alpha value is -2.14. The second kappa shape index (κ2) is 10.6.